The first-order chi connectivity index (χ1) is 14.2. The first-order valence-electron chi connectivity index (χ1n) is 9.49. The molecule has 4 N–H and O–H groups in total. The number of amides is 1. The van der Waals surface area contributed by atoms with Crippen LogP contribution in [0.5, 0.6) is 0 Å². The number of fused-ring (bicyclic) bond motifs is 3. The van der Waals surface area contributed by atoms with Gasteiger partial charge in [0.05, 0.1) is 11.8 Å². The van der Waals surface area contributed by atoms with Crippen molar-refractivity contribution < 1.29 is 14.3 Å². The highest BCUT2D eigenvalue weighted by Crippen LogP contribution is 2.32. The number of hydrogen-bond acceptors (Lipinski definition) is 5. The summed E-state index contributed by atoms with van der Waals surface area (Å²) in [5, 5.41) is 16.3. The number of nitrogens with zero attached hydrogens (tertiary/aromatic N) is 3. The zero-order valence-electron chi connectivity index (χ0n) is 17.2. The highest BCUT2D eigenvalue weighted by Gasteiger charge is 2.23. The zero-order chi connectivity index (χ0) is 21.6. The highest BCUT2D eigenvalue weighted by molar-refractivity contribution is 6.07. The molecule has 9 heteroatoms. The van der Waals surface area contributed by atoms with Crippen LogP contribution in [0, 0.1) is 5.82 Å². The summed E-state index contributed by atoms with van der Waals surface area (Å²) in [6.07, 6.45) is 1.73. The molecule has 0 aliphatic rings. The van der Waals surface area contributed by atoms with E-state index in [0.29, 0.717) is 28.3 Å². The quantitative estimate of drug-likeness (QED) is 0.405. The number of nitrogens with one attached hydrogen (secondary N) is 3. The average molecular weight is 410 g/mol. The Kier molecular flexibility index (Phi) is 4.70. The van der Waals surface area contributed by atoms with Gasteiger partial charge in [-0.2, -0.15) is 0 Å². The van der Waals surface area contributed by atoms with Gasteiger partial charge in [0.15, 0.2) is 5.82 Å². The Hall–Kier alpha value is -3.46. The largest absolute Gasteiger partial charge is 0.381 e. The summed E-state index contributed by atoms with van der Waals surface area (Å²) in [6, 6.07) is 6.48. The van der Waals surface area contributed by atoms with Gasteiger partial charge in [-0.25, -0.2) is 14.4 Å². The molecule has 0 saturated carbocycles. The first kappa shape index (κ1) is 19.8. The molecule has 0 aliphatic carbocycles. The number of aromatic amines is 1. The average Bonchev–Trinajstić information content (AvgIpc) is 3.27. The lowest BCUT2D eigenvalue weighted by molar-refractivity contribution is -0.136. The number of H-pyrrole nitrogens is 1. The number of aryl methyl sites for hydroxylation is 1. The van der Waals surface area contributed by atoms with Gasteiger partial charge >= 0.3 is 0 Å². The lowest BCUT2D eigenvalue weighted by Gasteiger charge is -2.16. The number of pyridine rings is 1. The number of anilines is 1. The van der Waals surface area contributed by atoms with Crippen molar-refractivity contribution in [1.82, 2.24) is 24.8 Å². The summed E-state index contributed by atoms with van der Waals surface area (Å²) in [7, 11) is 3.69. The third-order valence-corrected chi connectivity index (χ3v) is 4.95. The van der Waals surface area contributed by atoms with Gasteiger partial charge in [0.1, 0.15) is 22.6 Å². The van der Waals surface area contributed by atoms with Crippen LogP contribution in [0.3, 0.4) is 0 Å². The summed E-state index contributed by atoms with van der Waals surface area (Å²) >= 11 is 0. The Morgan fingerprint density at radius 2 is 2.07 bits per heavy atom. The van der Waals surface area contributed by atoms with E-state index in [1.54, 1.807) is 19.4 Å². The number of carbonyl (C=O) groups is 1. The van der Waals surface area contributed by atoms with E-state index >= 15 is 0 Å². The topological polar surface area (TPSA) is 108 Å². The van der Waals surface area contributed by atoms with E-state index in [1.165, 1.54) is 26.0 Å². The van der Waals surface area contributed by atoms with Crippen LogP contribution in [0.4, 0.5) is 10.2 Å². The monoisotopic (exact) mass is 410 g/mol. The Morgan fingerprint density at radius 1 is 1.30 bits per heavy atom. The molecule has 0 radical (unpaired) electrons. The molecule has 3 aromatic heterocycles. The van der Waals surface area contributed by atoms with E-state index < -0.39 is 17.3 Å². The van der Waals surface area contributed by atoms with Gasteiger partial charge < -0.3 is 25.3 Å². The highest BCUT2D eigenvalue weighted by atomic mass is 19.1. The van der Waals surface area contributed by atoms with Gasteiger partial charge in [-0.1, -0.05) is 0 Å². The van der Waals surface area contributed by atoms with Crippen LogP contribution in [-0.2, 0) is 18.4 Å². The lowest BCUT2D eigenvalue weighted by Crippen LogP contribution is -2.41. The predicted octanol–water partition coefficient (Wildman–Crippen LogP) is 2.68. The van der Waals surface area contributed by atoms with Crippen LogP contribution < -0.4 is 10.6 Å². The maximum Gasteiger partial charge on any atom is 0.251 e. The molecule has 0 spiro atoms. The van der Waals surface area contributed by atoms with E-state index in [9.17, 15) is 14.3 Å². The fraction of sp³-hybridized carbons (Fsp3) is 0.286. The molecule has 0 fully saturated rings. The maximum absolute atomic E-state index is 14.3. The molecule has 0 saturated heterocycles. The molecule has 0 bridgehead atoms. The third kappa shape index (κ3) is 3.48. The molecule has 1 aromatic carbocycles. The molecule has 156 valence electrons. The Morgan fingerprint density at radius 3 is 2.77 bits per heavy atom. The molecule has 4 aromatic rings. The number of halogens is 1. The number of benzene rings is 1. The number of hydrogen-bond donors (Lipinski definition) is 4. The normalized spacial score (nSPS) is 11.9. The van der Waals surface area contributed by atoms with Crippen molar-refractivity contribution in [3.05, 3.63) is 42.0 Å². The third-order valence-electron chi connectivity index (χ3n) is 4.95. The van der Waals surface area contributed by atoms with Gasteiger partial charge in [-0.05, 0) is 43.7 Å². The van der Waals surface area contributed by atoms with Crippen LogP contribution in [0.15, 0.2) is 30.6 Å². The van der Waals surface area contributed by atoms with Crippen LogP contribution >= 0.6 is 0 Å². The molecule has 8 nitrogen and oxygen atoms in total. The SMILES string of the molecule is CNc1nc2[nH]c(-c3cc(F)cc(CNC(=O)C(C)(C)O)c3)cc2c2c1ncn2C. The molecule has 1 amide bonds. The Balaban J connectivity index is 1.75. The predicted molar refractivity (Wildman–Crippen MR) is 113 cm³/mol. The number of aromatic nitrogens is 4. The number of carbonyl (C=O) groups excluding carboxylic acids is 1. The zero-order valence-corrected chi connectivity index (χ0v) is 17.2. The fourth-order valence-corrected chi connectivity index (χ4v) is 3.43. The minimum atomic E-state index is -1.50. The second kappa shape index (κ2) is 7.10. The van der Waals surface area contributed by atoms with Gasteiger partial charge in [0.25, 0.3) is 5.91 Å². The van der Waals surface area contributed by atoms with E-state index in [1.807, 2.05) is 17.7 Å². The summed E-state index contributed by atoms with van der Waals surface area (Å²) in [5.74, 6) is -0.296. The molecular formula is C21H23FN6O2. The first-order valence-corrected chi connectivity index (χ1v) is 9.49. The summed E-state index contributed by atoms with van der Waals surface area (Å²) in [5.41, 5.74) is 2.73. The van der Waals surface area contributed by atoms with Crippen LogP contribution in [0.25, 0.3) is 33.3 Å². The molecule has 4 rings (SSSR count). The van der Waals surface area contributed by atoms with E-state index in [4.69, 9.17) is 0 Å². The minimum Gasteiger partial charge on any atom is -0.381 e. The van der Waals surface area contributed by atoms with Crippen molar-refractivity contribution >= 4 is 33.8 Å². The van der Waals surface area contributed by atoms with Crippen LogP contribution in [0.1, 0.15) is 19.4 Å². The van der Waals surface area contributed by atoms with Crippen molar-refractivity contribution in [2.24, 2.45) is 7.05 Å². The standard InChI is InChI=1S/C21H23FN6O2/c1-21(2,30)20(29)24-9-11-5-12(7-13(22)6-11)15-8-14-17-16(25-10-28(17)4)19(23-3)27-18(14)26-15/h5-8,10,30H,9H2,1-4H3,(H,24,29)(H2,23,26,27). The number of imidazole rings is 1. The van der Waals surface area contributed by atoms with Crippen molar-refractivity contribution in [1.29, 1.82) is 0 Å². The molecule has 0 atom stereocenters. The summed E-state index contributed by atoms with van der Waals surface area (Å²) in [6.45, 7) is 2.90. The molecule has 0 aliphatic heterocycles. The van der Waals surface area contributed by atoms with Gasteiger partial charge in [-0.3, -0.25) is 4.79 Å². The summed E-state index contributed by atoms with van der Waals surface area (Å²) in [4.78, 5) is 24.2. The lowest BCUT2D eigenvalue weighted by atomic mass is 10.1. The van der Waals surface area contributed by atoms with E-state index in [2.05, 4.69) is 25.6 Å². The van der Waals surface area contributed by atoms with Crippen LogP contribution in [0.2, 0.25) is 0 Å². The van der Waals surface area contributed by atoms with Crippen molar-refractivity contribution in [3.8, 4) is 11.3 Å². The van der Waals surface area contributed by atoms with Gasteiger partial charge in [0, 0.05) is 37.3 Å². The van der Waals surface area contributed by atoms with E-state index in [0.717, 1.165) is 16.4 Å². The van der Waals surface area contributed by atoms with Gasteiger partial charge in [-0.15, -0.1) is 0 Å². The van der Waals surface area contributed by atoms with Crippen LogP contribution in [-0.4, -0.2) is 43.2 Å². The van der Waals surface area contributed by atoms with Crippen molar-refractivity contribution in [2.75, 3.05) is 12.4 Å². The number of rotatable bonds is 5. The maximum atomic E-state index is 14.3. The smallest absolute Gasteiger partial charge is 0.251 e. The Labute approximate surface area is 172 Å². The molecule has 0 unspecified atom stereocenters. The Bertz CT molecular complexity index is 1270. The second-order valence-corrected chi connectivity index (χ2v) is 7.80. The van der Waals surface area contributed by atoms with Crippen molar-refractivity contribution in [3.63, 3.8) is 0 Å². The minimum absolute atomic E-state index is 0.0991. The second-order valence-electron chi connectivity index (χ2n) is 7.80. The molecule has 30 heavy (non-hydrogen) atoms. The summed E-state index contributed by atoms with van der Waals surface area (Å²) < 4.78 is 16.2. The van der Waals surface area contributed by atoms with Crippen molar-refractivity contribution in [2.45, 2.75) is 26.0 Å². The molecule has 3 heterocycles. The number of aliphatic hydroxyl groups is 1. The van der Waals surface area contributed by atoms with Gasteiger partial charge in [0.2, 0.25) is 0 Å². The van der Waals surface area contributed by atoms with E-state index in [-0.39, 0.29) is 6.54 Å². The molecular weight excluding hydrogens is 387 g/mol. The fourth-order valence-electron chi connectivity index (χ4n) is 3.43.